The van der Waals surface area contributed by atoms with Crippen molar-refractivity contribution in [2.24, 2.45) is 0 Å². The Bertz CT molecular complexity index is 1630. The molecule has 0 bridgehead atoms. The summed E-state index contributed by atoms with van der Waals surface area (Å²) in [4.78, 5) is 163. The molecule has 0 saturated heterocycles. The Kier molecular flexibility index (Phi) is 17.9. The number of ether oxygens (including phenoxy) is 4. The number of rotatable bonds is 23. The first-order valence-corrected chi connectivity index (χ1v) is 14.8. The van der Waals surface area contributed by atoms with Crippen LogP contribution in [0, 0.1) is 0 Å². The van der Waals surface area contributed by atoms with Gasteiger partial charge in [-0.15, -0.1) is 0 Å². The van der Waals surface area contributed by atoms with E-state index in [9.17, 15) is 108 Å². The van der Waals surface area contributed by atoms with Gasteiger partial charge in [0.15, 0.2) is 34.6 Å². The van der Waals surface area contributed by atoms with E-state index in [1.807, 2.05) is 0 Å². The number of hydrogen-bond donors (Lipinski definition) is 12. The first-order chi connectivity index (χ1) is 26.2. The highest BCUT2D eigenvalue weighted by Crippen LogP contribution is 2.23. The number of aliphatic hydroxyl groups excluding tert-OH is 2. The predicted molar refractivity (Wildman–Crippen MR) is 159 cm³/mol. The summed E-state index contributed by atoms with van der Waals surface area (Å²) in [5.41, 5.74) is -14.0. The lowest BCUT2D eigenvalue weighted by Gasteiger charge is -2.23. The second kappa shape index (κ2) is 20.3. The van der Waals surface area contributed by atoms with Gasteiger partial charge in [0.2, 0.25) is 0 Å². The minimum Gasteiger partial charge on any atom is -0.481 e. The molecular formula is C28H30O30. The lowest BCUT2D eigenvalue weighted by atomic mass is 9.95. The molecule has 0 aliphatic rings. The fourth-order valence-electron chi connectivity index (χ4n) is 3.86. The molecule has 0 fully saturated rings. The molecule has 6 atom stereocenters. The summed E-state index contributed by atoms with van der Waals surface area (Å²) in [5, 5.41) is 113. The van der Waals surface area contributed by atoms with Crippen LogP contribution in [0.3, 0.4) is 0 Å². The molecule has 0 aliphatic heterocycles. The third-order valence-electron chi connectivity index (χ3n) is 6.77. The number of carboxylic acid groups (broad SMARTS) is 6. The van der Waals surface area contributed by atoms with Crippen LogP contribution < -0.4 is 0 Å². The molecule has 0 aromatic carbocycles. The molecule has 322 valence electrons. The Morgan fingerprint density at radius 3 is 0.672 bits per heavy atom. The monoisotopic (exact) mass is 846 g/mol. The maximum absolute atomic E-state index is 12.1. The average molecular weight is 847 g/mol. The number of aliphatic hydroxyl groups is 6. The van der Waals surface area contributed by atoms with Crippen molar-refractivity contribution < 1.29 is 147 Å². The molecule has 0 aromatic heterocycles. The van der Waals surface area contributed by atoms with E-state index in [1.54, 1.807) is 0 Å². The molecule has 0 rings (SSSR count). The molecule has 30 nitrogen and oxygen atoms in total. The van der Waals surface area contributed by atoms with E-state index >= 15 is 0 Å². The van der Waals surface area contributed by atoms with E-state index in [0.29, 0.717) is 0 Å². The van der Waals surface area contributed by atoms with E-state index in [0.717, 1.165) is 0 Å². The second-order valence-electron chi connectivity index (χ2n) is 11.7. The number of carbonyl (C=O) groups excluding carboxylic acids is 8. The number of esters is 8. The Morgan fingerprint density at radius 2 is 0.500 bits per heavy atom. The van der Waals surface area contributed by atoms with Gasteiger partial charge in [-0.1, -0.05) is 0 Å². The second-order valence-corrected chi connectivity index (χ2v) is 11.7. The quantitative estimate of drug-likeness (QED) is 0.0258. The first kappa shape index (κ1) is 51.1. The topological polar surface area (TPSA) is 519 Å². The zero-order valence-electron chi connectivity index (χ0n) is 28.5. The fraction of sp³-hybridized carbons (Fsp3) is 0.500. The van der Waals surface area contributed by atoms with Crippen molar-refractivity contribution in [3.05, 3.63) is 0 Å². The van der Waals surface area contributed by atoms with Gasteiger partial charge in [0.25, 0.3) is 0 Å². The summed E-state index contributed by atoms with van der Waals surface area (Å²) < 4.78 is 15.9. The largest absolute Gasteiger partial charge is 0.481 e. The summed E-state index contributed by atoms with van der Waals surface area (Å²) in [5.74, 6) is -30.5. The van der Waals surface area contributed by atoms with Crippen LogP contribution in [-0.4, -0.2) is 179 Å². The highest BCUT2D eigenvalue weighted by Gasteiger charge is 2.48. The van der Waals surface area contributed by atoms with E-state index in [2.05, 4.69) is 18.9 Å². The SMILES string of the molecule is O=C(O)CC(O)(CC(=O)OC(=O)CC(O)(CC(=O)OC(=O)C(O)C(O)C(=O)OC(=O)CC(O)(CC(=O)OC(=O)CC(O)(CC(=O)O)C(=O)O)C(=O)O)C(=O)O)C(=O)O. The van der Waals surface area contributed by atoms with Crippen LogP contribution >= 0.6 is 0 Å². The van der Waals surface area contributed by atoms with E-state index in [-0.39, 0.29) is 0 Å². The summed E-state index contributed by atoms with van der Waals surface area (Å²) in [7, 11) is 0. The maximum atomic E-state index is 12.1. The summed E-state index contributed by atoms with van der Waals surface area (Å²) in [6.45, 7) is 0. The molecule has 6 unspecified atom stereocenters. The van der Waals surface area contributed by atoms with Gasteiger partial charge in [0.05, 0.1) is 51.4 Å². The van der Waals surface area contributed by atoms with Crippen LogP contribution in [-0.2, 0) is 86.1 Å². The van der Waals surface area contributed by atoms with Crippen LogP contribution in [0.15, 0.2) is 0 Å². The molecule has 0 heterocycles. The molecule has 0 saturated carbocycles. The molecule has 12 N–H and O–H groups in total. The first-order valence-electron chi connectivity index (χ1n) is 14.8. The molecule has 0 spiro atoms. The molecule has 0 radical (unpaired) electrons. The van der Waals surface area contributed by atoms with Gasteiger partial charge in [0, 0.05) is 0 Å². The minimum atomic E-state index is -3.66. The van der Waals surface area contributed by atoms with Crippen molar-refractivity contribution in [3.8, 4) is 0 Å². The smallest absolute Gasteiger partial charge is 0.346 e. The van der Waals surface area contributed by atoms with Crippen molar-refractivity contribution in [1.29, 1.82) is 0 Å². The predicted octanol–water partition coefficient (Wildman–Crippen LogP) is -7.46. The molecular weight excluding hydrogens is 816 g/mol. The molecule has 0 amide bonds. The van der Waals surface area contributed by atoms with Crippen molar-refractivity contribution in [2.45, 2.75) is 86.0 Å². The van der Waals surface area contributed by atoms with Crippen molar-refractivity contribution in [2.75, 3.05) is 0 Å². The van der Waals surface area contributed by atoms with Crippen molar-refractivity contribution in [1.82, 2.24) is 0 Å². The van der Waals surface area contributed by atoms with Crippen molar-refractivity contribution in [3.63, 3.8) is 0 Å². The summed E-state index contributed by atoms with van der Waals surface area (Å²) in [6.07, 6.45) is -20.8. The highest BCUT2D eigenvalue weighted by molar-refractivity contribution is 5.99. The van der Waals surface area contributed by atoms with Gasteiger partial charge in [0.1, 0.15) is 0 Å². The summed E-state index contributed by atoms with van der Waals surface area (Å²) >= 11 is 0. The zero-order valence-corrected chi connectivity index (χ0v) is 28.5. The lowest BCUT2D eigenvalue weighted by molar-refractivity contribution is -0.187. The van der Waals surface area contributed by atoms with Crippen LogP contribution in [0.25, 0.3) is 0 Å². The van der Waals surface area contributed by atoms with E-state index < -0.39 is 170 Å². The Hall–Kier alpha value is -6.86. The fourth-order valence-corrected chi connectivity index (χ4v) is 3.86. The zero-order chi connectivity index (χ0) is 45.7. The molecule has 30 heteroatoms. The third-order valence-corrected chi connectivity index (χ3v) is 6.77. The Morgan fingerprint density at radius 1 is 0.328 bits per heavy atom. The highest BCUT2D eigenvalue weighted by atomic mass is 16.6. The minimum absolute atomic E-state index is 1.59. The molecule has 58 heavy (non-hydrogen) atoms. The molecule has 0 aromatic rings. The van der Waals surface area contributed by atoms with Crippen molar-refractivity contribution >= 4 is 83.6 Å². The standard InChI is InChI=1S/C28H30O30/c29-9(30)1-25(51,21(43)44)3-11(33)55-13(35)5-27(53,23(47)48)7-15(37)57-19(41)17(39)18(40)20(42)58-16(38)8-28(54,24(49)50)6-14(36)56-12(34)4-26(52,22(45)46)2-10(31)32/h17-18,39-40,51-54H,1-8H2,(H,29,30)(H,31,32)(H,43,44)(H,45,46)(H,47,48)(H,49,50). The van der Waals surface area contributed by atoms with E-state index in [4.69, 9.17) is 20.4 Å². The third kappa shape index (κ3) is 15.7. The Labute approximate surface area is 317 Å². The van der Waals surface area contributed by atoms with Crippen LogP contribution in [0.5, 0.6) is 0 Å². The van der Waals surface area contributed by atoms with Gasteiger partial charge >= 0.3 is 83.6 Å². The Balaban J connectivity index is 5.50. The number of aliphatic carboxylic acids is 6. The van der Waals surface area contributed by atoms with Gasteiger partial charge in [-0.3, -0.25) is 38.4 Å². The van der Waals surface area contributed by atoms with Gasteiger partial charge in [-0.2, -0.15) is 0 Å². The molecule has 0 aliphatic carbocycles. The van der Waals surface area contributed by atoms with Crippen LogP contribution in [0.1, 0.15) is 51.4 Å². The summed E-state index contributed by atoms with van der Waals surface area (Å²) in [6, 6.07) is 0. The number of carbonyl (C=O) groups is 14. The van der Waals surface area contributed by atoms with Crippen LogP contribution in [0.2, 0.25) is 0 Å². The number of carboxylic acids is 6. The lowest BCUT2D eigenvalue weighted by Crippen LogP contribution is -2.47. The normalized spacial score (nSPS) is 16.0. The maximum Gasteiger partial charge on any atom is 0.346 e. The van der Waals surface area contributed by atoms with Gasteiger partial charge < -0.3 is 80.2 Å². The number of hydrogen-bond acceptors (Lipinski definition) is 24. The average Bonchev–Trinajstić information content (AvgIpc) is 3.01. The van der Waals surface area contributed by atoms with Crippen LogP contribution in [0.4, 0.5) is 0 Å². The van der Waals surface area contributed by atoms with E-state index in [1.165, 1.54) is 0 Å². The van der Waals surface area contributed by atoms with Gasteiger partial charge in [-0.25, -0.2) is 28.8 Å². The van der Waals surface area contributed by atoms with Gasteiger partial charge in [-0.05, 0) is 0 Å².